The molecule has 0 aromatic heterocycles. The Bertz CT molecular complexity index is 948. The number of benzene rings is 1. The first-order valence-electron chi connectivity index (χ1n) is 9.23. The van der Waals surface area contributed by atoms with Gasteiger partial charge in [0.1, 0.15) is 17.6 Å². The van der Waals surface area contributed by atoms with Gasteiger partial charge in [0.15, 0.2) is 5.41 Å². The quantitative estimate of drug-likeness (QED) is 0.786. The molecule has 0 spiro atoms. The molecule has 5 nitrogen and oxygen atoms in total. The Morgan fingerprint density at radius 2 is 1.96 bits per heavy atom. The van der Waals surface area contributed by atoms with Crippen LogP contribution in [0.15, 0.2) is 29.8 Å². The van der Waals surface area contributed by atoms with Crippen molar-refractivity contribution in [2.24, 2.45) is 17.3 Å². The van der Waals surface area contributed by atoms with Crippen molar-refractivity contribution in [3.05, 3.63) is 47.0 Å². The molecule has 1 aliphatic carbocycles. The van der Waals surface area contributed by atoms with Crippen LogP contribution in [-0.2, 0) is 0 Å². The highest BCUT2D eigenvalue weighted by Gasteiger charge is 2.59. The molecule has 1 aliphatic heterocycles. The molecule has 142 valence electrons. The van der Waals surface area contributed by atoms with Crippen LogP contribution in [0, 0.1) is 68.3 Å². The van der Waals surface area contributed by atoms with Gasteiger partial charge in [0.2, 0.25) is 0 Å². The van der Waals surface area contributed by atoms with Crippen molar-refractivity contribution in [2.75, 3.05) is 19.6 Å². The van der Waals surface area contributed by atoms with Crippen LogP contribution in [0.1, 0.15) is 24.8 Å². The lowest BCUT2D eigenvalue weighted by Crippen LogP contribution is -3.13. The third-order valence-corrected chi connectivity index (χ3v) is 5.86. The van der Waals surface area contributed by atoms with Crippen LogP contribution < -0.4 is 4.90 Å². The molecule has 0 bridgehead atoms. The normalized spacial score (nSPS) is 28.3. The van der Waals surface area contributed by atoms with Crippen molar-refractivity contribution in [2.45, 2.75) is 19.3 Å². The molecule has 0 saturated heterocycles. The first-order chi connectivity index (χ1) is 13.4. The topological polar surface area (TPSA) is 99.7 Å². The molecule has 2 unspecified atom stereocenters. The fraction of sp³-hybridized carbons (Fsp3) is 0.429. The van der Waals surface area contributed by atoms with Gasteiger partial charge >= 0.3 is 0 Å². The molecular formula is C21H20F2N5+. The fourth-order valence-corrected chi connectivity index (χ4v) is 4.62. The SMILES string of the molecule is CCC[NH+]1CC=C2C(C#N)C(=N)C(C#N)(C#N)[C@@H](c3ccc(F)cc3F)[C@H]2C1. The lowest BCUT2D eigenvalue weighted by molar-refractivity contribution is -0.899. The maximum Gasteiger partial charge on any atom is 0.190 e. The fourth-order valence-electron chi connectivity index (χ4n) is 4.62. The molecule has 2 N–H and O–H groups in total. The summed E-state index contributed by atoms with van der Waals surface area (Å²) in [4.78, 5) is 1.21. The average molecular weight is 380 g/mol. The summed E-state index contributed by atoms with van der Waals surface area (Å²) < 4.78 is 28.2. The van der Waals surface area contributed by atoms with Crippen LogP contribution in [0.5, 0.6) is 0 Å². The van der Waals surface area contributed by atoms with E-state index in [0.29, 0.717) is 18.7 Å². The van der Waals surface area contributed by atoms with E-state index in [0.717, 1.165) is 25.1 Å². The van der Waals surface area contributed by atoms with Gasteiger partial charge in [0, 0.05) is 17.9 Å². The minimum absolute atomic E-state index is 0.0410. The molecule has 0 amide bonds. The van der Waals surface area contributed by atoms with Crippen LogP contribution >= 0.6 is 0 Å². The smallest absolute Gasteiger partial charge is 0.190 e. The molecule has 4 atom stereocenters. The van der Waals surface area contributed by atoms with Gasteiger partial charge in [-0.15, -0.1) is 0 Å². The summed E-state index contributed by atoms with van der Waals surface area (Å²) in [6.45, 7) is 4.11. The van der Waals surface area contributed by atoms with Gasteiger partial charge in [0.05, 0.1) is 43.6 Å². The van der Waals surface area contributed by atoms with Gasteiger partial charge in [-0.2, -0.15) is 15.8 Å². The summed E-state index contributed by atoms with van der Waals surface area (Å²) in [6.07, 6.45) is 2.83. The Kier molecular flexibility index (Phi) is 5.27. The first-order valence-corrected chi connectivity index (χ1v) is 9.23. The highest BCUT2D eigenvalue weighted by Crippen LogP contribution is 2.52. The van der Waals surface area contributed by atoms with E-state index >= 15 is 0 Å². The summed E-state index contributed by atoms with van der Waals surface area (Å²) in [5, 5.41) is 38.0. The van der Waals surface area contributed by atoms with Crippen LogP contribution in [0.25, 0.3) is 0 Å². The lowest BCUT2D eigenvalue weighted by Gasteiger charge is -2.46. The van der Waals surface area contributed by atoms with E-state index in [9.17, 15) is 24.6 Å². The number of fused-ring (bicyclic) bond motifs is 1. The van der Waals surface area contributed by atoms with E-state index in [2.05, 4.69) is 6.07 Å². The minimum Gasteiger partial charge on any atom is -0.331 e. The Morgan fingerprint density at radius 1 is 1.25 bits per heavy atom. The number of nitrogens with one attached hydrogen (secondary N) is 2. The number of rotatable bonds is 3. The van der Waals surface area contributed by atoms with Crippen LogP contribution in [-0.4, -0.2) is 25.3 Å². The molecule has 1 heterocycles. The minimum atomic E-state index is -1.98. The average Bonchev–Trinajstić information content (AvgIpc) is 2.68. The Balaban J connectivity index is 2.25. The zero-order valence-corrected chi connectivity index (χ0v) is 15.5. The maximum absolute atomic E-state index is 14.7. The van der Waals surface area contributed by atoms with Gasteiger partial charge in [-0.05, 0) is 29.7 Å². The summed E-state index contributed by atoms with van der Waals surface area (Å²) in [6, 6.07) is 8.98. The molecule has 1 saturated carbocycles. The van der Waals surface area contributed by atoms with Gasteiger partial charge < -0.3 is 10.3 Å². The third kappa shape index (κ3) is 2.87. The Morgan fingerprint density at radius 3 is 2.54 bits per heavy atom. The van der Waals surface area contributed by atoms with Crippen molar-refractivity contribution < 1.29 is 13.7 Å². The third-order valence-electron chi connectivity index (χ3n) is 5.86. The van der Waals surface area contributed by atoms with E-state index in [1.54, 1.807) is 0 Å². The van der Waals surface area contributed by atoms with Gasteiger partial charge in [-0.3, -0.25) is 0 Å². The summed E-state index contributed by atoms with van der Waals surface area (Å²) in [7, 11) is 0. The lowest BCUT2D eigenvalue weighted by atomic mass is 9.54. The molecule has 1 aromatic rings. The van der Waals surface area contributed by atoms with E-state index in [1.165, 1.54) is 11.0 Å². The summed E-state index contributed by atoms with van der Waals surface area (Å²) in [5.41, 5.74) is -1.59. The highest BCUT2D eigenvalue weighted by molar-refractivity contribution is 6.00. The van der Waals surface area contributed by atoms with E-state index < -0.39 is 34.8 Å². The van der Waals surface area contributed by atoms with Gasteiger partial charge in [-0.25, -0.2) is 8.78 Å². The van der Waals surface area contributed by atoms with Crippen molar-refractivity contribution in [1.29, 1.82) is 21.2 Å². The molecule has 0 radical (unpaired) electrons. The van der Waals surface area contributed by atoms with Gasteiger partial charge in [0.25, 0.3) is 0 Å². The monoisotopic (exact) mass is 380 g/mol. The van der Waals surface area contributed by atoms with Crippen molar-refractivity contribution in [3.8, 4) is 18.2 Å². The number of hydrogen-bond donors (Lipinski definition) is 2. The van der Waals surface area contributed by atoms with E-state index in [-0.39, 0.29) is 11.3 Å². The van der Waals surface area contributed by atoms with Crippen molar-refractivity contribution in [3.63, 3.8) is 0 Å². The molecule has 3 rings (SSSR count). The second-order valence-corrected chi connectivity index (χ2v) is 7.37. The molecular weight excluding hydrogens is 360 g/mol. The highest BCUT2D eigenvalue weighted by atomic mass is 19.1. The predicted molar refractivity (Wildman–Crippen MR) is 97.0 cm³/mol. The largest absolute Gasteiger partial charge is 0.331 e. The van der Waals surface area contributed by atoms with E-state index in [1.807, 2.05) is 25.1 Å². The molecule has 28 heavy (non-hydrogen) atoms. The number of halogens is 2. The maximum atomic E-state index is 14.7. The summed E-state index contributed by atoms with van der Waals surface area (Å²) in [5.74, 6) is -4.00. The summed E-state index contributed by atoms with van der Waals surface area (Å²) >= 11 is 0. The number of hydrogen-bond acceptors (Lipinski definition) is 4. The zero-order valence-electron chi connectivity index (χ0n) is 15.5. The number of quaternary nitrogens is 1. The van der Waals surface area contributed by atoms with Crippen LogP contribution in [0.3, 0.4) is 0 Å². The second kappa shape index (κ2) is 7.50. The Labute approximate surface area is 162 Å². The van der Waals surface area contributed by atoms with Crippen LogP contribution in [0.4, 0.5) is 8.78 Å². The number of nitriles is 3. The molecule has 1 fully saturated rings. The molecule has 1 aromatic carbocycles. The second-order valence-electron chi connectivity index (χ2n) is 7.37. The zero-order chi connectivity index (χ0) is 20.5. The first kappa shape index (κ1) is 19.7. The standard InChI is InChI=1S/C21H19F2N5/c1-2-6-28-7-5-14-16(9-24)20(27)21(11-25,12-26)19(17(14)10-28)15-4-3-13(22)8-18(15)23/h3-5,8,16-17,19,27H,2,6-7,10H2,1H3/p+1/t16?,17-,19-/m0/s1. The predicted octanol–water partition coefficient (Wildman–Crippen LogP) is 2.11. The van der Waals surface area contributed by atoms with Gasteiger partial charge in [-0.1, -0.05) is 13.0 Å². The Hall–Kier alpha value is -3.08. The van der Waals surface area contributed by atoms with E-state index in [4.69, 9.17) is 5.41 Å². The molecule has 2 aliphatic rings. The van der Waals surface area contributed by atoms with Crippen LogP contribution in [0.2, 0.25) is 0 Å². The van der Waals surface area contributed by atoms with Crippen molar-refractivity contribution >= 4 is 5.71 Å². The van der Waals surface area contributed by atoms with Crippen molar-refractivity contribution in [1.82, 2.24) is 0 Å². The number of nitrogens with zero attached hydrogens (tertiary/aromatic N) is 3. The molecule has 7 heteroatoms.